The van der Waals surface area contributed by atoms with Gasteiger partial charge >= 0.3 is 11.9 Å². The number of nitrogens with one attached hydrogen (secondary N) is 1. The van der Waals surface area contributed by atoms with Gasteiger partial charge in [-0.05, 0) is 61.9 Å². The van der Waals surface area contributed by atoms with E-state index in [9.17, 15) is 14.4 Å². The van der Waals surface area contributed by atoms with Crippen LogP contribution in [0.3, 0.4) is 0 Å². The monoisotopic (exact) mass is 481 g/mol. The van der Waals surface area contributed by atoms with Crippen LogP contribution in [0.2, 0.25) is 10.0 Å². The van der Waals surface area contributed by atoms with Gasteiger partial charge in [-0.1, -0.05) is 29.3 Å². The lowest BCUT2D eigenvalue weighted by Gasteiger charge is -2.12. The maximum Gasteiger partial charge on any atom is 0.341 e. The molecule has 6 nitrogen and oxygen atoms in total. The van der Waals surface area contributed by atoms with E-state index in [1.54, 1.807) is 25.1 Å². The van der Waals surface area contributed by atoms with E-state index in [-0.39, 0.29) is 6.61 Å². The maximum atomic E-state index is 12.4. The number of hydrogen-bond donors (Lipinski definition) is 1. The van der Waals surface area contributed by atoms with Crippen LogP contribution in [0.5, 0.6) is 0 Å². The molecule has 0 unspecified atom stereocenters. The Balaban J connectivity index is 1.61. The van der Waals surface area contributed by atoms with E-state index in [2.05, 4.69) is 5.32 Å². The molecular formula is C22H21Cl2NO5S. The minimum absolute atomic E-state index is 0.250. The molecule has 0 atom stereocenters. The third-order valence-electron chi connectivity index (χ3n) is 4.60. The second-order valence-corrected chi connectivity index (χ2v) is 8.72. The van der Waals surface area contributed by atoms with Crippen molar-refractivity contribution in [1.29, 1.82) is 0 Å². The molecule has 0 saturated carbocycles. The van der Waals surface area contributed by atoms with Gasteiger partial charge in [0.1, 0.15) is 5.00 Å². The van der Waals surface area contributed by atoms with Crippen LogP contribution < -0.4 is 5.32 Å². The summed E-state index contributed by atoms with van der Waals surface area (Å²) in [6.07, 6.45) is 6.40. The van der Waals surface area contributed by atoms with Crippen molar-refractivity contribution in [3.8, 4) is 0 Å². The lowest BCUT2D eigenvalue weighted by Crippen LogP contribution is -2.21. The first kappa shape index (κ1) is 23.3. The molecule has 31 heavy (non-hydrogen) atoms. The molecule has 2 aromatic rings. The lowest BCUT2D eigenvalue weighted by atomic mass is 9.95. The molecule has 9 heteroatoms. The van der Waals surface area contributed by atoms with Crippen LogP contribution >= 0.6 is 34.5 Å². The average Bonchev–Trinajstić information content (AvgIpc) is 3.11. The SMILES string of the molecule is CCOC(=O)c1c(NC(=O)COC(=O)C=Cc2ccc(Cl)c(Cl)c2)sc2c1CCCC2. The van der Waals surface area contributed by atoms with Gasteiger partial charge in [-0.3, -0.25) is 4.79 Å². The van der Waals surface area contributed by atoms with Crippen LogP contribution in [0.25, 0.3) is 6.08 Å². The first-order chi connectivity index (χ1) is 14.9. The standard InChI is InChI=1S/C22H21Cl2NO5S/c1-2-29-22(28)20-14-5-3-4-6-17(14)31-21(20)25-18(26)12-30-19(27)10-8-13-7-9-15(23)16(24)11-13/h7-11H,2-6,12H2,1H3,(H,25,26). The summed E-state index contributed by atoms with van der Waals surface area (Å²) < 4.78 is 10.2. The minimum Gasteiger partial charge on any atom is -0.462 e. The van der Waals surface area contributed by atoms with Crippen molar-refractivity contribution in [3.05, 3.63) is 55.9 Å². The highest BCUT2D eigenvalue weighted by Crippen LogP contribution is 2.38. The number of aryl methyl sites for hydroxylation is 1. The van der Waals surface area contributed by atoms with E-state index in [0.717, 1.165) is 36.1 Å². The smallest absolute Gasteiger partial charge is 0.341 e. The highest BCUT2D eigenvalue weighted by atomic mass is 35.5. The van der Waals surface area contributed by atoms with E-state index in [0.29, 0.717) is 26.2 Å². The number of thiophene rings is 1. The first-order valence-electron chi connectivity index (χ1n) is 9.80. The number of halogens is 2. The summed E-state index contributed by atoms with van der Waals surface area (Å²) >= 11 is 13.2. The quantitative estimate of drug-likeness (QED) is 0.428. The largest absolute Gasteiger partial charge is 0.462 e. The normalized spacial score (nSPS) is 13.0. The Bertz CT molecular complexity index is 1030. The highest BCUT2D eigenvalue weighted by Gasteiger charge is 2.27. The van der Waals surface area contributed by atoms with Crippen LogP contribution in [0.15, 0.2) is 24.3 Å². The number of benzene rings is 1. The number of ether oxygens (including phenoxy) is 2. The summed E-state index contributed by atoms with van der Waals surface area (Å²) in [7, 11) is 0. The van der Waals surface area contributed by atoms with E-state index < -0.39 is 24.5 Å². The van der Waals surface area contributed by atoms with Gasteiger partial charge in [0.15, 0.2) is 6.61 Å². The molecule has 0 fully saturated rings. The van der Waals surface area contributed by atoms with Gasteiger partial charge in [-0.25, -0.2) is 9.59 Å². The van der Waals surface area contributed by atoms with Crippen LogP contribution in [0, 0.1) is 0 Å². The number of hydrogen-bond acceptors (Lipinski definition) is 6. The summed E-state index contributed by atoms with van der Waals surface area (Å²) in [5, 5.41) is 3.92. The topological polar surface area (TPSA) is 81.7 Å². The van der Waals surface area contributed by atoms with Crippen molar-refractivity contribution in [3.63, 3.8) is 0 Å². The Kier molecular flexibility index (Phi) is 8.12. The summed E-state index contributed by atoms with van der Waals surface area (Å²) in [6.45, 7) is 1.51. The molecule has 1 aliphatic carbocycles. The predicted molar refractivity (Wildman–Crippen MR) is 122 cm³/mol. The summed E-state index contributed by atoms with van der Waals surface area (Å²) in [5.74, 6) is -1.66. The second-order valence-electron chi connectivity index (χ2n) is 6.80. The van der Waals surface area contributed by atoms with Crippen molar-refractivity contribution in [2.24, 2.45) is 0 Å². The van der Waals surface area contributed by atoms with Gasteiger partial charge in [-0.2, -0.15) is 0 Å². The fraction of sp³-hybridized carbons (Fsp3) is 0.318. The third kappa shape index (κ3) is 6.09. The van der Waals surface area contributed by atoms with Gasteiger partial charge in [-0.15, -0.1) is 11.3 Å². The van der Waals surface area contributed by atoms with Crippen LogP contribution in [0.4, 0.5) is 5.00 Å². The Morgan fingerprint density at radius 1 is 1.13 bits per heavy atom. The van der Waals surface area contributed by atoms with Crippen LogP contribution in [-0.4, -0.2) is 31.1 Å². The fourth-order valence-electron chi connectivity index (χ4n) is 3.20. The van der Waals surface area contributed by atoms with Crippen LogP contribution in [0.1, 0.15) is 46.1 Å². The average molecular weight is 482 g/mol. The van der Waals surface area contributed by atoms with E-state index in [1.165, 1.54) is 23.5 Å². The zero-order valence-electron chi connectivity index (χ0n) is 16.8. The third-order valence-corrected chi connectivity index (χ3v) is 6.55. The number of amides is 1. The van der Waals surface area contributed by atoms with Crippen molar-refractivity contribution in [1.82, 2.24) is 0 Å². The number of carbonyl (C=O) groups is 3. The zero-order chi connectivity index (χ0) is 22.4. The van der Waals surface area contributed by atoms with Gasteiger partial charge in [0.05, 0.1) is 22.2 Å². The van der Waals surface area contributed by atoms with E-state index >= 15 is 0 Å². The Morgan fingerprint density at radius 3 is 2.65 bits per heavy atom. The molecule has 0 aliphatic heterocycles. The van der Waals surface area contributed by atoms with Crippen molar-refractivity contribution in [2.75, 3.05) is 18.5 Å². The molecular weight excluding hydrogens is 461 g/mol. The van der Waals surface area contributed by atoms with Crippen molar-refractivity contribution >= 4 is 63.5 Å². The molecule has 164 valence electrons. The summed E-state index contributed by atoms with van der Waals surface area (Å²) in [5.41, 5.74) is 2.03. The number of anilines is 1. The molecule has 1 amide bonds. The molecule has 1 aromatic carbocycles. The highest BCUT2D eigenvalue weighted by molar-refractivity contribution is 7.17. The van der Waals surface area contributed by atoms with E-state index in [4.69, 9.17) is 32.7 Å². The molecule has 0 saturated heterocycles. The Hall–Kier alpha value is -2.35. The van der Waals surface area contributed by atoms with E-state index in [1.807, 2.05) is 0 Å². The first-order valence-corrected chi connectivity index (χ1v) is 11.4. The van der Waals surface area contributed by atoms with Crippen molar-refractivity contribution in [2.45, 2.75) is 32.6 Å². The molecule has 3 rings (SSSR count). The molecule has 1 N–H and O–H groups in total. The summed E-state index contributed by atoms with van der Waals surface area (Å²) in [4.78, 5) is 37.8. The van der Waals surface area contributed by atoms with Gasteiger partial charge in [0, 0.05) is 11.0 Å². The zero-order valence-corrected chi connectivity index (χ0v) is 19.2. The minimum atomic E-state index is -0.683. The number of esters is 2. The second kappa shape index (κ2) is 10.8. The molecule has 1 aromatic heterocycles. The summed E-state index contributed by atoms with van der Waals surface area (Å²) in [6, 6.07) is 4.92. The fourth-order valence-corrected chi connectivity index (χ4v) is 4.80. The molecule has 1 heterocycles. The molecule has 0 bridgehead atoms. The van der Waals surface area contributed by atoms with Crippen molar-refractivity contribution < 1.29 is 23.9 Å². The Morgan fingerprint density at radius 2 is 1.90 bits per heavy atom. The molecule has 0 spiro atoms. The Labute approximate surface area is 194 Å². The van der Waals surface area contributed by atoms with Gasteiger partial charge in [0.2, 0.25) is 0 Å². The number of rotatable bonds is 7. The van der Waals surface area contributed by atoms with Crippen LogP contribution in [-0.2, 0) is 31.9 Å². The molecule has 1 aliphatic rings. The molecule has 0 radical (unpaired) electrons. The predicted octanol–water partition coefficient (Wildman–Crippen LogP) is 5.31. The van der Waals surface area contributed by atoms with Gasteiger partial charge in [0.25, 0.3) is 5.91 Å². The number of fused-ring (bicyclic) bond motifs is 1. The number of carbonyl (C=O) groups excluding carboxylic acids is 3. The van der Waals surface area contributed by atoms with Gasteiger partial charge < -0.3 is 14.8 Å². The maximum absolute atomic E-state index is 12.4. The lowest BCUT2D eigenvalue weighted by molar-refractivity contribution is -0.142.